The number of hydrogen-bond acceptors (Lipinski definition) is 4. The van der Waals surface area contributed by atoms with Crippen molar-refractivity contribution < 1.29 is 35.5 Å². The van der Waals surface area contributed by atoms with Crippen LogP contribution in [0.25, 0.3) is 0 Å². The minimum absolute atomic E-state index is 0.0405. The zero-order valence-corrected chi connectivity index (χ0v) is 10.4. The van der Waals surface area contributed by atoms with Crippen molar-refractivity contribution >= 4 is 16.0 Å². The van der Waals surface area contributed by atoms with Crippen LogP contribution in [0.4, 0.5) is 17.6 Å². The lowest BCUT2D eigenvalue weighted by Crippen LogP contribution is -2.41. The van der Waals surface area contributed by atoms with E-state index in [4.69, 9.17) is 0 Å². The molecule has 0 heterocycles. The predicted octanol–water partition coefficient (Wildman–Crippen LogP) is 1.11. The molecule has 10 heteroatoms. The van der Waals surface area contributed by atoms with Crippen molar-refractivity contribution in [1.29, 1.82) is 0 Å². The first-order valence-corrected chi connectivity index (χ1v) is 6.40. The molecular weight excluding hydrogens is 282 g/mol. The molecule has 1 N–H and O–H groups in total. The molecule has 0 aliphatic carbocycles. The van der Waals surface area contributed by atoms with Crippen LogP contribution in [0, 0.1) is 0 Å². The summed E-state index contributed by atoms with van der Waals surface area (Å²) in [5.74, 6) is -1.26. The third-order valence-electron chi connectivity index (χ3n) is 1.87. The van der Waals surface area contributed by atoms with Gasteiger partial charge in [-0.3, -0.25) is 0 Å². The van der Waals surface area contributed by atoms with Gasteiger partial charge < -0.3 is 4.74 Å². The number of hydrogen-bond donors (Lipinski definition) is 1. The molecule has 2 atom stereocenters. The number of sulfonamides is 1. The molecule has 0 spiro atoms. The SMILES string of the molecule is CCC(CNS(=O)(=O)C(F)(F)F)OC(=O)C(C)F. The van der Waals surface area contributed by atoms with Crippen LogP contribution in [0.5, 0.6) is 0 Å². The first-order valence-electron chi connectivity index (χ1n) is 4.91. The van der Waals surface area contributed by atoms with Crippen molar-refractivity contribution in [2.75, 3.05) is 6.54 Å². The summed E-state index contributed by atoms with van der Waals surface area (Å²) in [6, 6.07) is 0. The molecule has 0 amide bonds. The Balaban J connectivity index is 4.46. The van der Waals surface area contributed by atoms with Gasteiger partial charge in [-0.05, 0) is 13.3 Å². The van der Waals surface area contributed by atoms with Crippen molar-refractivity contribution in [2.45, 2.75) is 38.1 Å². The van der Waals surface area contributed by atoms with Crippen LogP contribution in [0.15, 0.2) is 0 Å². The van der Waals surface area contributed by atoms with Gasteiger partial charge in [-0.1, -0.05) is 6.92 Å². The number of alkyl halides is 4. The Bertz CT molecular complexity index is 379. The zero-order valence-electron chi connectivity index (χ0n) is 9.62. The van der Waals surface area contributed by atoms with Gasteiger partial charge in [0.25, 0.3) is 0 Å². The van der Waals surface area contributed by atoms with Gasteiger partial charge in [-0.2, -0.15) is 13.2 Å². The van der Waals surface area contributed by atoms with Crippen LogP contribution in [0.3, 0.4) is 0 Å². The lowest BCUT2D eigenvalue weighted by Gasteiger charge is -2.17. The van der Waals surface area contributed by atoms with Gasteiger partial charge in [0.15, 0.2) is 6.17 Å². The lowest BCUT2D eigenvalue weighted by atomic mass is 10.3. The Labute approximate surface area is 102 Å². The molecule has 0 saturated heterocycles. The molecule has 2 unspecified atom stereocenters. The second-order valence-electron chi connectivity index (χ2n) is 3.38. The van der Waals surface area contributed by atoms with Gasteiger partial charge >= 0.3 is 21.5 Å². The quantitative estimate of drug-likeness (QED) is 0.588. The monoisotopic (exact) mass is 295 g/mol. The van der Waals surface area contributed by atoms with E-state index in [0.29, 0.717) is 0 Å². The second-order valence-corrected chi connectivity index (χ2v) is 5.14. The summed E-state index contributed by atoms with van der Waals surface area (Å²) in [6.45, 7) is 1.58. The smallest absolute Gasteiger partial charge is 0.459 e. The molecule has 0 aliphatic rings. The van der Waals surface area contributed by atoms with Gasteiger partial charge in [-0.15, -0.1) is 0 Å². The summed E-state index contributed by atoms with van der Waals surface area (Å²) in [7, 11) is -5.49. The lowest BCUT2D eigenvalue weighted by molar-refractivity contribution is -0.154. The molecule has 0 aromatic rings. The average molecular weight is 295 g/mol. The highest BCUT2D eigenvalue weighted by Gasteiger charge is 2.45. The maximum absolute atomic E-state index is 12.5. The fourth-order valence-electron chi connectivity index (χ4n) is 0.812. The summed E-state index contributed by atoms with van der Waals surface area (Å²) in [5, 5.41) is 0. The number of carbonyl (C=O) groups excluding carboxylic acids is 1. The maximum Gasteiger partial charge on any atom is 0.511 e. The molecule has 108 valence electrons. The largest absolute Gasteiger partial charge is 0.511 e. The van der Waals surface area contributed by atoms with Gasteiger partial charge in [0.1, 0.15) is 6.10 Å². The van der Waals surface area contributed by atoms with E-state index < -0.39 is 40.3 Å². The van der Waals surface area contributed by atoms with Crippen molar-refractivity contribution in [3.63, 3.8) is 0 Å². The third kappa shape index (κ3) is 5.17. The van der Waals surface area contributed by atoms with E-state index in [1.165, 1.54) is 11.6 Å². The van der Waals surface area contributed by atoms with Crippen LogP contribution in [0.2, 0.25) is 0 Å². The first kappa shape index (κ1) is 17.1. The minimum atomic E-state index is -5.49. The van der Waals surface area contributed by atoms with Gasteiger partial charge in [0, 0.05) is 6.54 Å². The van der Waals surface area contributed by atoms with Crippen molar-refractivity contribution in [2.24, 2.45) is 0 Å². The van der Waals surface area contributed by atoms with Crippen LogP contribution in [-0.2, 0) is 19.6 Å². The number of rotatable bonds is 6. The fraction of sp³-hybridized carbons (Fsp3) is 0.875. The summed E-state index contributed by atoms with van der Waals surface area (Å²) >= 11 is 0. The summed E-state index contributed by atoms with van der Waals surface area (Å²) in [5.41, 5.74) is -5.44. The van der Waals surface area contributed by atoms with Crippen LogP contribution in [0.1, 0.15) is 20.3 Å². The van der Waals surface area contributed by atoms with Crippen molar-refractivity contribution in [3.05, 3.63) is 0 Å². The van der Waals surface area contributed by atoms with E-state index >= 15 is 0 Å². The van der Waals surface area contributed by atoms with E-state index in [0.717, 1.165) is 6.92 Å². The Morgan fingerprint density at radius 1 is 1.39 bits per heavy atom. The van der Waals surface area contributed by atoms with Crippen LogP contribution < -0.4 is 4.72 Å². The van der Waals surface area contributed by atoms with Crippen molar-refractivity contribution in [3.8, 4) is 0 Å². The standard InChI is InChI=1S/C8H13F4NO4S/c1-3-6(17-7(14)5(2)9)4-13-18(15,16)8(10,11)12/h5-6,13H,3-4H2,1-2H3. The topological polar surface area (TPSA) is 72.5 Å². The van der Waals surface area contributed by atoms with E-state index in [1.54, 1.807) is 0 Å². The number of halogens is 4. The molecule has 0 aromatic carbocycles. The minimum Gasteiger partial charge on any atom is -0.459 e. The number of esters is 1. The van der Waals surface area contributed by atoms with E-state index in [9.17, 15) is 30.8 Å². The van der Waals surface area contributed by atoms with Crippen molar-refractivity contribution in [1.82, 2.24) is 4.72 Å². The summed E-state index contributed by atoms with van der Waals surface area (Å²) < 4.78 is 75.3. The average Bonchev–Trinajstić information content (AvgIpc) is 2.21. The molecule has 5 nitrogen and oxygen atoms in total. The first-order chi connectivity index (χ1) is 8.01. The van der Waals surface area contributed by atoms with E-state index in [-0.39, 0.29) is 6.42 Å². The predicted molar refractivity (Wildman–Crippen MR) is 53.7 cm³/mol. The van der Waals surface area contributed by atoms with E-state index in [2.05, 4.69) is 4.74 Å². The second kappa shape index (κ2) is 6.32. The van der Waals surface area contributed by atoms with Crippen LogP contribution in [-0.4, -0.2) is 38.7 Å². The number of nitrogens with one attached hydrogen (secondary N) is 1. The Morgan fingerprint density at radius 3 is 2.22 bits per heavy atom. The summed E-state index contributed by atoms with van der Waals surface area (Å²) in [4.78, 5) is 10.8. The summed E-state index contributed by atoms with van der Waals surface area (Å²) in [6.07, 6.45) is -3.05. The molecule has 0 fully saturated rings. The van der Waals surface area contributed by atoms with Gasteiger partial charge in [0.2, 0.25) is 0 Å². The Morgan fingerprint density at radius 2 is 1.89 bits per heavy atom. The molecule has 0 radical (unpaired) electrons. The highest BCUT2D eigenvalue weighted by Crippen LogP contribution is 2.21. The molecule has 18 heavy (non-hydrogen) atoms. The highest BCUT2D eigenvalue weighted by molar-refractivity contribution is 7.90. The molecule has 0 rings (SSSR count). The molecule has 0 aliphatic heterocycles. The normalized spacial score (nSPS) is 16.1. The van der Waals surface area contributed by atoms with Crippen LogP contribution >= 0.6 is 0 Å². The highest BCUT2D eigenvalue weighted by atomic mass is 32.2. The third-order valence-corrected chi connectivity index (χ3v) is 3.02. The Kier molecular flexibility index (Phi) is 6.00. The molecule has 0 saturated carbocycles. The van der Waals surface area contributed by atoms with E-state index in [1.807, 2.05) is 0 Å². The molecule has 0 aromatic heterocycles. The zero-order chi connectivity index (χ0) is 14.6. The number of carbonyl (C=O) groups is 1. The Hall–Kier alpha value is -0.900. The molecular formula is C8H13F4NO4S. The fourth-order valence-corrected chi connectivity index (χ4v) is 1.38. The molecule has 0 bridgehead atoms. The maximum atomic E-state index is 12.5. The van der Waals surface area contributed by atoms with Gasteiger partial charge in [0.05, 0.1) is 0 Å². The van der Waals surface area contributed by atoms with Gasteiger partial charge in [-0.25, -0.2) is 22.3 Å². The number of ether oxygens (including phenoxy) is 1.